The van der Waals surface area contributed by atoms with E-state index in [0.717, 1.165) is 17.7 Å². The zero-order valence-corrected chi connectivity index (χ0v) is 13.9. The molecule has 0 radical (unpaired) electrons. The zero-order valence-electron chi connectivity index (χ0n) is 13.1. The second-order valence-electron chi connectivity index (χ2n) is 5.28. The van der Waals surface area contributed by atoms with Gasteiger partial charge in [-0.25, -0.2) is 8.42 Å². The van der Waals surface area contributed by atoms with Crippen LogP contribution in [-0.2, 0) is 9.84 Å². The van der Waals surface area contributed by atoms with Crippen molar-refractivity contribution >= 4 is 9.84 Å². The summed E-state index contributed by atoms with van der Waals surface area (Å²) in [6.07, 6.45) is 2.20. The Balaban J connectivity index is 2.78. The molecule has 0 aliphatic rings. The highest BCUT2D eigenvalue weighted by molar-refractivity contribution is 7.90. The monoisotopic (exact) mass is 314 g/mol. The van der Waals surface area contributed by atoms with Gasteiger partial charge in [0.05, 0.1) is 12.4 Å². The molecular weight excluding hydrogens is 288 g/mol. The Morgan fingerprint density at radius 2 is 2.10 bits per heavy atom. The van der Waals surface area contributed by atoms with Gasteiger partial charge in [-0.05, 0) is 31.2 Å². The Morgan fingerprint density at radius 1 is 1.38 bits per heavy atom. The largest absolute Gasteiger partial charge is 0.494 e. The average Bonchev–Trinajstić information content (AvgIpc) is 2.43. The Kier molecular flexibility index (Phi) is 7.14. The van der Waals surface area contributed by atoms with Gasteiger partial charge in [0.15, 0.2) is 0 Å². The average molecular weight is 314 g/mol. The topological polar surface area (TPSA) is 72.6 Å². The number of hydrogen-bond acceptors (Lipinski definition) is 5. The minimum absolute atomic E-state index is 0.0167. The van der Waals surface area contributed by atoms with Crippen LogP contribution in [0.15, 0.2) is 24.3 Å². The van der Waals surface area contributed by atoms with Crippen LogP contribution in [0.4, 0.5) is 0 Å². The quantitative estimate of drug-likeness (QED) is 0.747. The second kappa shape index (κ2) is 8.36. The smallest absolute Gasteiger partial charge is 0.148 e. The molecule has 0 amide bonds. The lowest BCUT2D eigenvalue weighted by atomic mass is 10.1. The van der Waals surface area contributed by atoms with Gasteiger partial charge in [-0.2, -0.15) is 0 Å². The first kappa shape index (κ1) is 17.9. The van der Waals surface area contributed by atoms with E-state index in [1.807, 2.05) is 36.2 Å². The maximum absolute atomic E-state index is 11.3. The number of nitrogens with two attached hydrogens (primary N) is 1. The third-order valence-corrected chi connectivity index (χ3v) is 4.21. The van der Waals surface area contributed by atoms with Crippen molar-refractivity contribution in [3.8, 4) is 5.75 Å². The lowest BCUT2D eigenvalue weighted by Crippen LogP contribution is -2.34. The number of nitrogens with zero attached hydrogens (tertiary/aromatic N) is 1. The number of likely N-dealkylation sites (N-methyl/N-ethyl adjacent to an activating group) is 1. The van der Waals surface area contributed by atoms with Crippen LogP contribution in [0, 0.1) is 0 Å². The van der Waals surface area contributed by atoms with E-state index >= 15 is 0 Å². The fraction of sp³-hybridized carbons (Fsp3) is 0.600. The van der Waals surface area contributed by atoms with Crippen LogP contribution in [0.1, 0.15) is 24.9 Å². The lowest BCUT2D eigenvalue weighted by Gasteiger charge is -2.27. The van der Waals surface area contributed by atoms with Crippen molar-refractivity contribution in [3.63, 3.8) is 0 Å². The molecule has 120 valence electrons. The fourth-order valence-electron chi connectivity index (χ4n) is 2.07. The molecule has 0 aliphatic heterocycles. The van der Waals surface area contributed by atoms with E-state index in [1.54, 1.807) is 0 Å². The van der Waals surface area contributed by atoms with Crippen molar-refractivity contribution in [3.05, 3.63) is 29.8 Å². The highest BCUT2D eigenvalue weighted by atomic mass is 32.2. The highest BCUT2D eigenvalue weighted by Gasteiger charge is 2.17. The first-order valence-electron chi connectivity index (χ1n) is 7.18. The van der Waals surface area contributed by atoms with Gasteiger partial charge in [-0.15, -0.1) is 0 Å². The van der Waals surface area contributed by atoms with Gasteiger partial charge in [0.1, 0.15) is 15.6 Å². The van der Waals surface area contributed by atoms with Gasteiger partial charge in [0.2, 0.25) is 0 Å². The fourth-order valence-corrected chi connectivity index (χ4v) is 2.69. The molecule has 1 unspecified atom stereocenters. The maximum Gasteiger partial charge on any atom is 0.148 e. The van der Waals surface area contributed by atoms with E-state index in [2.05, 4.69) is 6.92 Å². The summed E-state index contributed by atoms with van der Waals surface area (Å²) < 4.78 is 28.2. The molecule has 21 heavy (non-hydrogen) atoms. The van der Waals surface area contributed by atoms with Gasteiger partial charge < -0.3 is 10.5 Å². The summed E-state index contributed by atoms with van der Waals surface area (Å²) in [6, 6.07) is 7.81. The molecule has 6 heteroatoms. The summed E-state index contributed by atoms with van der Waals surface area (Å²) >= 11 is 0. The van der Waals surface area contributed by atoms with E-state index in [4.69, 9.17) is 10.5 Å². The van der Waals surface area contributed by atoms with Crippen LogP contribution < -0.4 is 10.5 Å². The second-order valence-corrected chi connectivity index (χ2v) is 7.54. The predicted octanol–water partition coefficient (Wildman–Crippen LogP) is 1.45. The Hall–Kier alpha value is -1.11. The molecule has 1 aromatic rings. The lowest BCUT2D eigenvalue weighted by molar-refractivity contribution is 0.262. The van der Waals surface area contributed by atoms with E-state index in [9.17, 15) is 8.42 Å². The van der Waals surface area contributed by atoms with Crippen LogP contribution in [-0.4, -0.2) is 52.1 Å². The van der Waals surface area contributed by atoms with Crippen molar-refractivity contribution in [2.24, 2.45) is 5.73 Å². The van der Waals surface area contributed by atoms with E-state index in [0.29, 0.717) is 19.7 Å². The summed E-state index contributed by atoms with van der Waals surface area (Å²) in [4.78, 5) is 1.97. The first-order valence-corrected chi connectivity index (χ1v) is 9.24. The van der Waals surface area contributed by atoms with Gasteiger partial charge in [-0.1, -0.05) is 19.1 Å². The summed E-state index contributed by atoms with van der Waals surface area (Å²) in [6.45, 7) is 3.63. The molecule has 5 nitrogen and oxygen atoms in total. The predicted molar refractivity (Wildman–Crippen MR) is 86.4 cm³/mol. The molecule has 1 atom stereocenters. The number of ether oxygens (including phenoxy) is 1. The molecule has 0 bridgehead atoms. The van der Waals surface area contributed by atoms with Crippen LogP contribution in [0.2, 0.25) is 0 Å². The van der Waals surface area contributed by atoms with Gasteiger partial charge in [0.25, 0.3) is 0 Å². The maximum atomic E-state index is 11.3. The molecule has 1 rings (SSSR count). The third kappa shape index (κ3) is 6.46. The minimum atomic E-state index is -2.97. The molecule has 1 aromatic carbocycles. The van der Waals surface area contributed by atoms with Crippen LogP contribution in [0.3, 0.4) is 0 Å². The Morgan fingerprint density at radius 3 is 2.67 bits per heavy atom. The van der Waals surface area contributed by atoms with Gasteiger partial charge in [0, 0.05) is 25.4 Å². The van der Waals surface area contributed by atoms with E-state index in [1.165, 1.54) is 6.26 Å². The number of rotatable bonds is 9. The summed E-state index contributed by atoms with van der Waals surface area (Å²) in [5.74, 6) is 0.954. The third-order valence-electron chi connectivity index (χ3n) is 3.29. The van der Waals surface area contributed by atoms with Gasteiger partial charge >= 0.3 is 0 Å². The molecule has 0 aromatic heterocycles. The molecule has 0 saturated carbocycles. The van der Waals surface area contributed by atoms with Crippen LogP contribution in [0.5, 0.6) is 5.75 Å². The van der Waals surface area contributed by atoms with Crippen molar-refractivity contribution in [1.82, 2.24) is 4.90 Å². The standard InChI is InChI=1S/C15H26N2O3S/c1-4-9-20-14-7-5-6-13(11-14)15(12-16)17(2)8-10-21(3,18)19/h5-7,11,15H,4,8-10,12,16H2,1-3H3. The van der Waals surface area contributed by atoms with Crippen molar-refractivity contribution < 1.29 is 13.2 Å². The molecule has 0 heterocycles. The summed E-state index contributed by atoms with van der Waals surface area (Å²) in [7, 11) is -1.08. The van der Waals surface area contributed by atoms with E-state index in [-0.39, 0.29) is 11.8 Å². The Bertz CT molecular complexity index is 531. The summed E-state index contributed by atoms with van der Waals surface area (Å²) in [5.41, 5.74) is 6.91. The summed E-state index contributed by atoms with van der Waals surface area (Å²) in [5, 5.41) is 0. The van der Waals surface area contributed by atoms with Crippen LogP contribution in [0.25, 0.3) is 0 Å². The molecule has 0 spiro atoms. The molecule has 0 fully saturated rings. The molecule has 0 saturated heterocycles. The number of sulfone groups is 1. The molecular formula is C15H26N2O3S. The van der Waals surface area contributed by atoms with Gasteiger partial charge in [-0.3, -0.25) is 4.90 Å². The van der Waals surface area contributed by atoms with Crippen molar-refractivity contribution in [2.45, 2.75) is 19.4 Å². The number of hydrogen-bond donors (Lipinski definition) is 1. The van der Waals surface area contributed by atoms with Crippen molar-refractivity contribution in [2.75, 3.05) is 38.8 Å². The van der Waals surface area contributed by atoms with E-state index < -0.39 is 9.84 Å². The molecule has 0 aliphatic carbocycles. The highest BCUT2D eigenvalue weighted by Crippen LogP contribution is 2.22. The van der Waals surface area contributed by atoms with Crippen molar-refractivity contribution in [1.29, 1.82) is 0 Å². The Labute approximate surface area is 128 Å². The SMILES string of the molecule is CCCOc1cccc(C(CN)N(C)CCS(C)(=O)=O)c1. The normalized spacial score (nSPS) is 13.4. The zero-order chi connectivity index (χ0) is 15.9. The first-order chi connectivity index (χ1) is 9.87. The molecule has 2 N–H and O–H groups in total. The van der Waals surface area contributed by atoms with Crippen LogP contribution >= 0.6 is 0 Å². The minimum Gasteiger partial charge on any atom is -0.494 e. The number of benzene rings is 1.